The van der Waals surface area contributed by atoms with Gasteiger partial charge in [0, 0.05) is 41.7 Å². The summed E-state index contributed by atoms with van der Waals surface area (Å²) in [6.45, 7) is 4.34. The van der Waals surface area contributed by atoms with Crippen LogP contribution in [0.3, 0.4) is 0 Å². The number of hydrogen-bond donors (Lipinski definition) is 3. The second kappa shape index (κ2) is 7.90. The summed E-state index contributed by atoms with van der Waals surface area (Å²) >= 11 is 0. The SMILES string of the molecule is CN/C(C)=C(\C(C)=N)c1ccc(NCc2ccccc2OC)n2cnnc12. The molecular weight excluding hydrogens is 340 g/mol. The van der Waals surface area contributed by atoms with Gasteiger partial charge in [0.15, 0.2) is 5.65 Å². The Morgan fingerprint density at radius 3 is 2.67 bits per heavy atom. The maximum Gasteiger partial charge on any atom is 0.170 e. The van der Waals surface area contributed by atoms with Crippen LogP contribution >= 0.6 is 0 Å². The molecule has 0 aliphatic carbocycles. The predicted octanol–water partition coefficient (Wildman–Crippen LogP) is 3.34. The third kappa shape index (κ3) is 3.62. The van der Waals surface area contributed by atoms with Crippen LogP contribution in [0.1, 0.15) is 25.0 Å². The van der Waals surface area contributed by atoms with Crippen LogP contribution in [0.4, 0.5) is 5.82 Å². The van der Waals surface area contributed by atoms with Gasteiger partial charge in [0.25, 0.3) is 0 Å². The molecule has 1 aromatic carbocycles. The van der Waals surface area contributed by atoms with Gasteiger partial charge in [-0.25, -0.2) is 0 Å². The number of pyridine rings is 1. The van der Waals surface area contributed by atoms with Gasteiger partial charge >= 0.3 is 0 Å². The Morgan fingerprint density at radius 2 is 1.96 bits per heavy atom. The van der Waals surface area contributed by atoms with E-state index in [9.17, 15) is 0 Å². The van der Waals surface area contributed by atoms with Crippen molar-refractivity contribution < 1.29 is 4.74 Å². The highest BCUT2D eigenvalue weighted by atomic mass is 16.5. The molecule has 3 aromatic rings. The van der Waals surface area contributed by atoms with Gasteiger partial charge in [-0.1, -0.05) is 18.2 Å². The van der Waals surface area contributed by atoms with Gasteiger partial charge in [-0.15, -0.1) is 10.2 Å². The molecule has 2 heterocycles. The number of fused-ring (bicyclic) bond motifs is 1. The zero-order valence-electron chi connectivity index (χ0n) is 16.0. The van der Waals surface area contributed by atoms with E-state index >= 15 is 0 Å². The Bertz CT molecular complexity index is 1000. The minimum absolute atomic E-state index is 0.474. The van der Waals surface area contributed by atoms with Gasteiger partial charge in [-0.05, 0) is 32.0 Å². The lowest BCUT2D eigenvalue weighted by Crippen LogP contribution is -2.11. The molecule has 2 aromatic heterocycles. The largest absolute Gasteiger partial charge is 0.496 e. The quantitative estimate of drug-likeness (QED) is 0.560. The maximum absolute atomic E-state index is 8.16. The molecule has 0 saturated carbocycles. The number of aromatic nitrogens is 3. The van der Waals surface area contributed by atoms with E-state index in [1.54, 1.807) is 20.4 Å². The lowest BCUT2D eigenvalue weighted by atomic mass is 10.0. The van der Waals surface area contributed by atoms with Crippen LogP contribution in [0.25, 0.3) is 11.2 Å². The summed E-state index contributed by atoms with van der Waals surface area (Å²) in [5, 5.41) is 23.1. The summed E-state index contributed by atoms with van der Waals surface area (Å²) < 4.78 is 7.31. The Labute approximate surface area is 158 Å². The van der Waals surface area contributed by atoms with E-state index in [1.807, 2.05) is 54.8 Å². The minimum Gasteiger partial charge on any atom is -0.496 e. The van der Waals surface area contributed by atoms with Gasteiger partial charge in [-0.3, -0.25) is 4.40 Å². The van der Waals surface area contributed by atoms with E-state index in [2.05, 4.69) is 20.8 Å². The van der Waals surface area contributed by atoms with E-state index in [0.717, 1.165) is 34.0 Å². The predicted molar refractivity (Wildman–Crippen MR) is 108 cm³/mol. The van der Waals surface area contributed by atoms with Crippen molar-refractivity contribution in [2.45, 2.75) is 20.4 Å². The number of nitrogens with one attached hydrogen (secondary N) is 3. The van der Waals surface area contributed by atoms with Gasteiger partial charge in [0.1, 0.15) is 17.9 Å². The third-order valence-corrected chi connectivity index (χ3v) is 4.50. The number of ether oxygens (including phenoxy) is 1. The number of rotatable bonds is 7. The highest BCUT2D eigenvalue weighted by molar-refractivity contribution is 6.23. The van der Waals surface area contributed by atoms with Crippen LogP contribution in [-0.4, -0.2) is 34.5 Å². The molecule has 0 unspecified atom stereocenters. The minimum atomic E-state index is 0.474. The summed E-state index contributed by atoms with van der Waals surface area (Å²) in [5.74, 6) is 1.71. The number of anilines is 1. The fourth-order valence-electron chi connectivity index (χ4n) is 3.10. The van der Waals surface area contributed by atoms with Crippen LogP contribution in [0, 0.1) is 5.41 Å². The fraction of sp³-hybridized carbons (Fsp3) is 0.250. The van der Waals surface area contributed by atoms with Crippen LogP contribution < -0.4 is 15.4 Å². The molecule has 0 aliphatic heterocycles. The van der Waals surface area contributed by atoms with Gasteiger partial charge in [0.05, 0.1) is 7.11 Å². The number of nitrogens with zero attached hydrogens (tertiary/aromatic N) is 3. The van der Waals surface area contributed by atoms with E-state index in [4.69, 9.17) is 10.1 Å². The highest BCUT2D eigenvalue weighted by Crippen LogP contribution is 2.26. The summed E-state index contributed by atoms with van der Waals surface area (Å²) in [7, 11) is 3.52. The molecule has 0 atom stereocenters. The molecule has 0 bridgehead atoms. The molecule has 0 amide bonds. The van der Waals surface area contributed by atoms with E-state index < -0.39 is 0 Å². The molecule has 140 valence electrons. The zero-order chi connectivity index (χ0) is 19.4. The van der Waals surface area contributed by atoms with Crippen LogP contribution in [0.2, 0.25) is 0 Å². The number of allylic oxidation sites excluding steroid dienone is 2. The standard InChI is InChI=1S/C20H24N6O/c1-13(21)19(14(2)22-3)16-9-10-18(26-12-24-25-20(16)26)23-11-15-7-5-6-8-17(15)27-4/h5-10,12,21-23H,11H2,1-4H3/b19-14+,21-13?. The fourth-order valence-corrected chi connectivity index (χ4v) is 3.10. The first-order valence-corrected chi connectivity index (χ1v) is 8.69. The van der Waals surface area contributed by atoms with Crippen molar-refractivity contribution in [3.05, 3.63) is 59.5 Å². The van der Waals surface area contributed by atoms with Crippen LogP contribution in [0.15, 0.2) is 48.4 Å². The summed E-state index contributed by atoms with van der Waals surface area (Å²) in [6, 6.07) is 11.9. The summed E-state index contributed by atoms with van der Waals surface area (Å²) in [5.41, 5.74) is 4.86. The summed E-state index contributed by atoms with van der Waals surface area (Å²) in [4.78, 5) is 0. The third-order valence-electron chi connectivity index (χ3n) is 4.50. The average molecular weight is 364 g/mol. The Balaban J connectivity index is 1.99. The van der Waals surface area contributed by atoms with Crippen LogP contribution in [-0.2, 0) is 6.54 Å². The van der Waals surface area contributed by atoms with Crippen LogP contribution in [0.5, 0.6) is 5.75 Å². The first-order chi connectivity index (χ1) is 13.1. The second-order valence-corrected chi connectivity index (χ2v) is 6.20. The number of para-hydroxylation sites is 1. The number of benzene rings is 1. The topological polar surface area (TPSA) is 87.3 Å². The van der Waals surface area contributed by atoms with E-state index in [-0.39, 0.29) is 0 Å². The summed E-state index contributed by atoms with van der Waals surface area (Å²) in [6.07, 6.45) is 1.68. The zero-order valence-corrected chi connectivity index (χ0v) is 16.0. The monoisotopic (exact) mass is 364 g/mol. The van der Waals surface area contributed by atoms with Crippen molar-refractivity contribution in [3.8, 4) is 5.75 Å². The molecule has 0 aliphatic rings. The van der Waals surface area contributed by atoms with E-state index in [0.29, 0.717) is 17.9 Å². The number of methoxy groups -OCH3 is 1. The lowest BCUT2D eigenvalue weighted by Gasteiger charge is -2.15. The average Bonchev–Trinajstić information content (AvgIpc) is 3.17. The number of hydrogen-bond acceptors (Lipinski definition) is 6. The molecule has 3 N–H and O–H groups in total. The molecule has 7 heteroatoms. The Kier molecular flexibility index (Phi) is 5.40. The van der Waals surface area contributed by atoms with E-state index in [1.165, 1.54) is 0 Å². The normalized spacial score (nSPS) is 11.9. The molecule has 7 nitrogen and oxygen atoms in total. The maximum atomic E-state index is 8.16. The molecule has 0 saturated heterocycles. The van der Waals surface area contributed by atoms with Crippen molar-refractivity contribution in [2.24, 2.45) is 0 Å². The first-order valence-electron chi connectivity index (χ1n) is 8.69. The smallest absolute Gasteiger partial charge is 0.170 e. The molecule has 0 radical (unpaired) electrons. The lowest BCUT2D eigenvalue weighted by molar-refractivity contribution is 0.410. The van der Waals surface area contributed by atoms with Crippen molar-refractivity contribution in [3.63, 3.8) is 0 Å². The molecule has 0 spiro atoms. The first kappa shape index (κ1) is 18.4. The van der Waals surface area contributed by atoms with Crippen molar-refractivity contribution in [1.82, 2.24) is 19.9 Å². The molecule has 27 heavy (non-hydrogen) atoms. The molecular formula is C20H24N6O. The molecule has 0 fully saturated rings. The van der Waals surface area contributed by atoms with Crippen molar-refractivity contribution in [1.29, 1.82) is 5.41 Å². The Morgan fingerprint density at radius 1 is 1.19 bits per heavy atom. The van der Waals surface area contributed by atoms with Crippen molar-refractivity contribution in [2.75, 3.05) is 19.5 Å². The van der Waals surface area contributed by atoms with Gasteiger partial charge < -0.3 is 20.8 Å². The second-order valence-electron chi connectivity index (χ2n) is 6.20. The van der Waals surface area contributed by atoms with Gasteiger partial charge in [-0.2, -0.15) is 0 Å². The van der Waals surface area contributed by atoms with Crippen molar-refractivity contribution >= 4 is 22.7 Å². The van der Waals surface area contributed by atoms with Gasteiger partial charge in [0.2, 0.25) is 0 Å². The molecule has 3 rings (SSSR count). The Hall–Kier alpha value is -3.35. The highest BCUT2D eigenvalue weighted by Gasteiger charge is 2.15.